The van der Waals surface area contributed by atoms with Crippen LogP contribution in [0.2, 0.25) is 5.02 Å². The van der Waals surface area contributed by atoms with Crippen molar-refractivity contribution in [2.24, 2.45) is 21.5 Å². The molecule has 1 aliphatic heterocycles. The summed E-state index contributed by atoms with van der Waals surface area (Å²) in [6.45, 7) is 2.69. The average molecular weight is 560 g/mol. The molecule has 3 rings (SSSR count). The van der Waals surface area contributed by atoms with Crippen molar-refractivity contribution in [1.82, 2.24) is 0 Å². The van der Waals surface area contributed by atoms with E-state index >= 15 is 0 Å². The maximum atomic E-state index is 12.8. The summed E-state index contributed by atoms with van der Waals surface area (Å²) < 4.78 is 5.59. The minimum Gasteiger partial charge on any atom is -0.462 e. The van der Waals surface area contributed by atoms with Gasteiger partial charge >= 0.3 is 5.97 Å². The van der Waals surface area contributed by atoms with Gasteiger partial charge in [0, 0.05) is 0 Å². The highest BCUT2D eigenvalue weighted by Gasteiger charge is 2.43. The van der Waals surface area contributed by atoms with Gasteiger partial charge in [-0.3, -0.25) is 4.90 Å². The van der Waals surface area contributed by atoms with Gasteiger partial charge in [-0.2, -0.15) is 4.99 Å². The summed E-state index contributed by atoms with van der Waals surface area (Å²) in [5.41, 5.74) is 12.8. The van der Waals surface area contributed by atoms with E-state index in [9.17, 15) is 4.79 Å². The van der Waals surface area contributed by atoms with Gasteiger partial charge in [0.2, 0.25) is 11.9 Å². The Balaban J connectivity index is 1.37. The fourth-order valence-corrected chi connectivity index (χ4v) is 6.03. The lowest BCUT2D eigenvalue weighted by atomic mass is 9.87. The van der Waals surface area contributed by atoms with E-state index in [0.29, 0.717) is 22.9 Å². The van der Waals surface area contributed by atoms with Crippen molar-refractivity contribution in [1.29, 1.82) is 0 Å². The van der Waals surface area contributed by atoms with Crippen LogP contribution in [0.15, 0.2) is 28.2 Å². The first-order valence-corrected chi connectivity index (χ1v) is 15.8. The zero-order valence-corrected chi connectivity index (χ0v) is 24.8. The molecule has 2 aliphatic rings. The van der Waals surface area contributed by atoms with E-state index in [1.54, 1.807) is 18.2 Å². The quantitative estimate of drug-likeness (QED) is 0.148. The largest absolute Gasteiger partial charge is 0.462 e. The van der Waals surface area contributed by atoms with E-state index in [0.717, 1.165) is 44.9 Å². The molecule has 218 valence electrons. The molecule has 1 aromatic rings. The predicted octanol–water partition coefficient (Wildman–Crippen LogP) is 8.09. The maximum Gasteiger partial charge on any atom is 0.338 e. The maximum absolute atomic E-state index is 12.8. The Morgan fingerprint density at radius 3 is 2.05 bits per heavy atom. The minimum atomic E-state index is -0.616. The summed E-state index contributed by atoms with van der Waals surface area (Å²) in [6.07, 6.45) is 22.9. The Kier molecular flexibility index (Phi) is 13.4. The smallest absolute Gasteiger partial charge is 0.338 e. The van der Waals surface area contributed by atoms with E-state index in [1.807, 2.05) is 4.90 Å². The molecule has 1 saturated carbocycles. The number of nitrogens with zero attached hydrogens (tertiary/aromatic N) is 3. The van der Waals surface area contributed by atoms with Gasteiger partial charge in [-0.1, -0.05) is 108 Å². The Morgan fingerprint density at radius 2 is 1.46 bits per heavy atom. The second kappa shape index (κ2) is 16.7. The summed E-state index contributed by atoms with van der Waals surface area (Å²) in [4.78, 5) is 23.6. The summed E-state index contributed by atoms with van der Waals surface area (Å²) in [5, 5.41) is 0.484. The molecule has 0 amide bonds. The minimum absolute atomic E-state index is 0.186. The second-order valence-corrected chi connectivity index (χ2v) is 11.6. The topological polar surface area (TPSA) is 106 Å². The molecular weight excluding hydrogens is 510 g/mol. The first kappa shape index (κ1) is 31.3. The third-order valence-corrected chi connectivity index (χ3v) is 8.32. The number of hydrogen-bond acceptors (Lipinski definition) is 7. The highest BCUT2D eigenvalue weighted by molar-refractivity contribution is 6.34. The van der Waals surface area contributed by atoms with E-state index in [-0.39, 0.29) is 17.9 Å². The van der Waals surface area contributed by atoms with E-state index < -0.39 is 5.66 Å². The van der Waals surface area contributed by atoms with Gasteiger partial charge < -0.3 is 16.2 Å². The SMILES string of the molecule is CCCCCCCCCCCCCCCCOC(=O)c1ccc(Cl)c(N2C(N)=NC(N)=NC23CCCCC3)c1. The van der Waals surface area contributed by atoms with Gasteiger partial charge in [0.15, 0.2) is 0 Å². The molecule has 39 heavy (non-hydrogen) atoms. The molecule has 0 bridgehead atoms. The van der Waals surface area contributed by atoms with Gasteiger partial charge in [-0.15, -0.1) is 0 Å². The normalized spacial score (nSPS) is 16.7. The van der Waals surface area contributed by atoms with Crippen molar-refractivity contribution in [2.45, 2.75) is 135 Å². The lowest BCUT2D eigenvalue weighted by Crippen LogP contribution is -2.58. The van der Waals surface area contributed by atoms with Crippen LogP contribution in [-0.4, -0.2) is 30.2 Å². The lowest BCUT2D eigenvalue weighted by molar-refractivity contribution is 0.0497. The van der Waals surface area contributed by atoms with Gasteiger partial charge in [0.1, 0.15) is 5.66 Å². The van der Waals surface area contributed by atoms with E-state index in [4.69, 9.17) is 32.8 Å². The number of carbonyl (C=O) groups is 1. The molecule has 1 fully saturated rings. The predicted molar refractivity (Wildman–Crippen MR) is 164 cm³/mol. The Labute approximate surface area is 240 Å². The number of ether oxygens (including phenoxy) is 1. The van der Waals surface area contributed by atoms with Crippen molar-refractivity contribution >= 4 is 35.2 Å². The van der Waals surface area contributed by atoms with Crippen molar-refractivity contribution in [3.05, 3.63) is 28.8 Å². The Hall–Kier alpha value is -2.28. The van der Waals surface area contributed by atoms with Crippen LogP contribution in [0, 0.1) is 0 Å². The first-order valence-electron chi connectivity index (χ1n) is 15.4. The third kappa shape index (κ3) is 9.70. The van der Waals surface area contributed by atoms with Crippen molar-refractivity contribution in [3.63, 3.8) is 0 Å². The molecular formula is C31H50ClN5O2. The number of halogens is 1. The molecule has 0 atom stereocenters. The van der Waals surface area contributed by atoms with Gasteiger partial charge in [0.25, 0.3) is 0 Å². The number of nitrogens with two attached hydrogens (primary N) is 2. The van der Waals surface area contributed by atoms with Crippen LogP contribution in [0.5, 0.6) is 0 Å². The number of esters is 1. The highest BCUT2D eigenvalue weighted by atomic mass is 35.5. The molecule has 1 spiro atoms. The van der Waals surface area contributed by atoms with Crippen LogP contribution in [-0.2, 0) is 4.74 Å². The zero-order chi connectivity index (χ0) is 27.9. The number of anilines is 1. The summed E-state index contributed by atoms with van der Waals surface area (Å²) in [7, 11) is 0. The number of benzene rings is 1. The van der Waals surface area contributed by atoms with Crippen LogP contribution in [0.3, 0.4) is 0 Å². The summed E-state index contributed by atoms with van der Waals surface area (Å²) in [6, 6.07) is 5.15. The fraction of sp³-hybridized carbons (Fsp3) is 0.710. The molecule has 0 radical (unpaired) electrons. The molecule has 1 heterocycles. The number of unbranched alkanes of at least 4 members (excludes halogenated alkanes) is 13. The fourth-order valence-electron chi connectivity index (χ4n) is 5.83. The van der Waals surface area contributed by atoms with Gasteiger partial charge in [0.05, 0.1) is 22.9 Å². The number of hydrogen-bond donors (Lipinski definition) is 2. The van der Waals surface area contributed by atoms with Crippen LogP contribution >= 0.6 is 11.6 Å². The molecule has 8 heteroatoms. The zero-order valence-electron chi connectivity index (χ0n) is 24.1. The van der Waals surface area contributed by atoms with E-state index in [2.05, 4.69) is 11.9 Å². The number of aliphatic imine (C=N–C) groups is 2. The molecule has 4 N–H and O–H groups in total. The van der Waals surface area contributed by atoms with Gasteiger partial charge in [-0.25, -0.2) is 9.79 Å². The molecule has 1 aliphatic carbocycles. The molecule has 0 unspecified atom stereocenters. The Bertz CT molecular complexity index is 958. The van der Waals surface area contributed by atoms with Gasteiger partial charge in [-0.05, 0) is 50.3 Å². The third-order valence-electron chi connectivity index (χ3n) is 8.01. The van der Waals surface area contributed by atoms with Crippen LogP contribution in [0.4, 0.5) is 5.69 Å². The van der Waals surface area contributed by atoms with Crippen LogP contribution < -0.4 is 16.4 Å². The van der Waals surface area contributed by atoms with Crippen LogP contribution in [0.25, 0.3) is 0 Å². The Morgan fingerprint density at radius 1 is 0.897 bits per heavy atom. The second-order valence-electron chi connectivity index (χ2n) is 11.2. The summed E-state index contributed by atoms with van der Waals surface area (Å²) >= 11 is 6.60. The molecule has 0 saturated heterocycles. The average Bonchev–Trinajstić information content (AvgIpc) is 2.91. The number of rotatable bonds is 17. The van der Waals surface area contributed by atoms with Crippen molar-refractivity contribution < 1.29 is 9.53 Å². The van der Waals surface area contributed by atoms with Crippen molar-refractivity contribution in [2.75, 3.05) is 11.5 Å². The van der Waals surface area contributed by atoms with Crippen LogP contribution in [0.1, 0.15) is 139 Å². The molecule has 1 aromatic carbocycles. The summed E-state index contributed by atoms with van der Waals surface area (Å²) in [5.74, 6) is 0.0839. The highest BCUT2D eigenvalue weighted by Crippen LogP contribution is 2.42. The standard InChI is InChI=1S/C31H50ClN5O2/c1-2-3-4-5-6-7-8-9-10-11-12-13-14-18-23-39-28(38)25-19-20-26(32)27(24-25)37-30(34)35-29(33)36-31(37)21-16-15-17-22-31/h19-20,24H,2-18,21-23H2,1H3,(H4,33,34,35,36). The monoisotopic (exact) mass is 559 g/mol. The van der Waals surface area contributed by atoms with E-state index in [1.165, 1.54) is 77.0 Å². The number of carbonyl (C=O) groups excluding carboxylic acids is 1. The first-order chi connectivity index (χ1) is 19.0. The molecule has 0 aromatic heterocycles. The van der Waals surface area contributed by atoms with Crippen molar-refractivity contribution in [3.8, 4) is 0 Å². The molecule has 7 nitrogen and oxygen atoms in total. The number of guanidine groups is 2. The lowest BCUT2D eigenvalue weighted by Gasteiger charge is -2.45.